The smallest absolute Gasteiger partial charge is 0.122 e. The highest BCUT2D eigenvalue weighted by Gasteiger charge is 1.95. The molecule has 0 unspecified atom stereocenters. The fourth-order valence-electron chi connectivity index (χ4n) is 1.07. The standard InChI is InChI=1S/C10H16N2O/c1-3-5-11-8-9-7-10(13-2)4-6-12-9/h4,6-7,11H,3,5,8H2,1-2H3. The number of methoxy groups -OCH3 is 1. The molecule has 0 saturated carbocycles. The van der Waals surface area contributed by atoms with E-state index in [1.54, 1.807) is 13.3 Å². The van der Waals surface area contributed by atoms with Gasteiger partial charge < -0.3 is 10.1 Å². The lowest BCUT2D eigenvalue weighted by atomic mass is 10.3. The zero-order chi connectivity index (χ0) is 9.52. The number of hydrogen-bond donors (Lipinski definition) is 1. The minimum atomic E-state index is 0.811. The van der Waals surface area contributed by atoms with Gasteiger partial charge in [-0.15, -0.1) is 0 Å². The molecule has 1 rings (SSSR count). The number of pyridine rings is 1. The minimum Gasteiger partial charge on any atom is -0.497 e. The third-order valence-electron chi connectivity index (χ3n) is 1.76. The molecular weight excluding hydrogens is 164 g/mol. The van der Waals surface area contributed by atoms with E-state index in [1.807, 2.05) is 12.1 Å². The van der Waals surface area contributed by atoms with Gasteiger partial charge in [-0.25, -0.2) is 0 Å². The Bertz CT molecular complexity index is 250. The van der Waals surface area contributed by atoms with Gasteiger partial charge in [-0.2, -0.15) is 0 Å². The minimum absolute atomic E-state index is 0.811. The SMILES string of the molecule is CCCNCc1cc(OC)ccn1. The number of rotatable bonds is 5. The highest BCUT2D eigenvalue weighted by Crippen LogP contribution is 2.09. The van der Waals surface area contributed by atoms with Crippen molar-refractivity contribution in [2.75, 3.05) is 13.7 Å². The summed E-state index contributed by atoms with van der Waals surface area (Å²) in [7, 11) is 1.67. The van der Waals surface area contributed by atoms with E-state index in [9.17, 15) is 0 Å². The van der Waals surface area contributed by atoms with Crippen LogP contribution in [0.2, 0.25) is 0 Å². The van der Waals surface area contributed by atoms with Gasteiger partial charge in [0.05, 0.1) is 12.8 Å². The van der Waals surface area contributed by atoms with E-state index >= 15 is 0 Å². The maximum Gasteiger partial charge on any atom is 0.122 e. The van der Waals surface area contributed by atoms with Gasteiger partial charge >= 0.3 is 0 Å². The van der Waals surface area contributed by atoms with Crippen LogP contribution in [0.4, 0.5) is 0 Å². The van der Waals surface area contributed by atoms with Crippen LogP contribution in [0.25, 0.3) is 0 Å². The Balaban J connectivity index is 2.46. The number of nitrogens with one attached hydrogen (secondary N) is 1. The number of hydrogen-bond acceptors (Lipinski definition) is 3. The van der Waals surface area contributed by atoms with Crippen LogP contribution < -0.4 is 10.1 Å². The van der Waals surface area contributed by atoms with Crippen molar-refractivity contribution in [3.05, 3.63) is 24.0 Å². The van der Waals surface area contributed by atoms with Gasteiger partial charge in [0.1, 0.15) is 5.75 Å². The lowest BCUT2D eigenvalue weighted by Crippen LogP contribution is -2.14. The molecule has 0 fully saturated rings. The zero-order valence-electron chi connectivity index (χ0n) is 8.21. The van der Waals surface area contributed by atoms with E-state index in [0.29, 0.717) is 0 Å². The van der Waals surface area contributed by atoms with Crippen molar-refractivity contribution >= 4 is 0 Å². The lowest BCUT2D eigenvalue weighted by Gasteiger charge is -2.04. The maximum absolute atomic E-state index is 5.09. The summed E-state index contributed by atoms with van der Waals surface area (Å²) in [5.74, 6) is 0.864. The summed E-state index contributed by atoms with van der Waals surface area (Å²) in [4.78, 5) is 4.22. The van der Waals surface area contributed by atoms with E-state index in [1.165, 1.54) is 0 Å². The van der Waals surface area contributed by atoms with Gasteiger partial charge in [0.2, 0.25) is 0 Å². The largest absolute Gasteiger partial charge is 0.497 e. The van der Waals surface area contributed by atoms with Gasteiger partial charge in [-0.1, -0.05) is 6.92 Å². The predicted octanol–water partition coefficient (Wildman–Crippen LogP) is 1.59. The normalized spacial score (nSPS) is 10.0. The summed E-state index contributed by atoms with van der Waals surface area (Å²) in [6, 6.07) is 3.80. The topological polar surface area (TPSA) is 34.1 Å². The van der Waals surface area contributed by atoms with E-state index < -0.39 is 0 Å². The summed E-state index contributed by atoms with van der Waals surface area (Å²) in [6.45, 7) is 3.98. The maximum atomic E-state index is 5.09. The van der Waals surface area contributed by atoms with Crippen LogP contribution in [0.1, 0.15) is 19.0 Å². The van der Waals surface area contributed by atoms with Crippen molar-refractivity contribution in [1.29, 1.82) is 0 Å². The summed E-state index contributed by atoms with van der Waals surface area (Å²) in [6.07, 6.45) is 2.91. The molecule has 0 aliphatic rings. The first kappa shape index (κ1) is 9.99. The lowest BCUT2D eigenvalue weighted by molar-refractivity contribution is 0.413. The fourth-order valence-corrected chi connectivity index (χ4v) is 1.07. The average molecular weight is 180 g/mol. The van der Waals surface area contributed by atoms with E-state index in [4.69, 9.17) is 4.74 Å². The van der Waals surface area contributed by atoms with Crippen LogP contribution in [0, 0.1) is 0 Å². The number of nitrogens with zero attached hydrogens (tertiary/aromatic N) is 1. The second-order valence-electron chi connectivity index (χ2n) is 2.86. The molecule has 1 heterocycles. The Labute approximate surface area is 79.1 Å². The molecule has 0 atom stereocenters. The first-order valence-corrected chi connectivity index (χ1v) is 4.56. The summed E-state index contributed by atoms with van der Waals surface area (Å²) < 4.78 is 5.09. The van der Waals surface area contributed by atoms with Crippen molar-refractivity contribution in [2.45, 2.75) is 19.9 Å². The highest BCUT2D eigenvalue weighted by atomic mass is 16.5. The molecule has 1 aromatic heterocycles. The third-order valence-corrected chi connectivity index (χ3v) is 1.76. The molecule has 3 heteroatoms. The fraction of sp³-hybridized carbons (Fsp3) is 0.500. The van der Waals surface area contributed by atoms with Crippen LogP contribution in [-0.2, 0) is 6.54 Å². The van der Waals surface area contributed by atoms with Crippen LogP contribution in [0.3, 0.4) is 0 Å². The average Bonchev–Trinajstić information content (AvgIpc) is 2.19. The van der Waals surface area contributed by atoms with E-state index in [0.717, 1.165) is 31.0 Å². The molecule has 0 radical (unpaired) electrons. The number of ether oxygens (including phenoxy) is 1. The van der Waals surface area contributed by atoms with Crippen LogP contribution in [0.15, 0.2) is 18.3 Å². The molecule has 0 bridgehead atoms. The first-order chi connectivity index (χ1) is 6.36. The second kappa shape index (κ2) is 5.54. The van der Waals surface area contributed by atoms with Gasteiger partial charge in [0.25, 0.3) is 0 Å². The molecule has 0 saturated heterocycles. The van der Waals surface area contributed by atoms with Crippen LogP contribution in [0.5, 0.6) is 5.75 Å². The molecular formula is C10H16N2O. The molecule has 0 aliphatic carbocycles. The molecule has 3 nitrogen and oxygen atoms in total. The van der Waals surface area contributed by atoms with Gasteiger partial charge in [0.15, 0.2) is 0 Å². The van der Waals surface area contributed by atoms with Crippen molar-refractivity contribution in [3.63, 3.8) is 0 Å². The monoisotopic (exact) mass is 180 g/mol. The molecule has 13 heavy (non-hydrogen) atoms. The van der Waals surface area contributed by atoms with Crippen molar-refractivity contribution in [1.82, 2.24) is 10.3 Å². The summed E-state index contributed by atoms with van der Waals surface area (Å²) in [5.41, 5.74) is 1.02. The van der Waals surface area contributed by atoms with Gasteiger partial charge in [-0.05, 0) is 19.0 Å². The molecule has 72 valence electrons. The van der Waals surface area contributed by atoms with E-state index in [-0.39, 0.29) is 0 Å². The Hall–Kier alpha value is -1.09. The first-order valence-electron chi connectivity index (χ1n) is 4.56. The Morgan fingerprint density at radius 1 is 1.54 bits per heavy atom. The molecule has 0 spiro atoms. The number of aromatic nitrogens is 1. The Morgan fingerprint density at radius 3 is 3.08 bits per heavy atom. The Kier molecular flexibility index (Phi) is 4.26. The van der Waals surface area contributed by atoms with Crippen molar-refractivity contribution in [2.24, 2.45) is 0 Å². The van der Waals surface area contributed by atoms with Crippen LogP contribution >= 0.6 is 0 Å². The van der Waals surface area contributed by atoms with E-state index in [2.05, 4.69) is 17.2 Å². The van der Waals surface area contributed by atoms with Crippen molar-refractivity contribution in [3.8, 4) is 5.75 Å². The van der Waals surface area contributed by atoms with Gasteiger partial charge in [-0.3, -0.25) is 4.98 Å². The molecule has 0 aliphatic heterocycles. The molecule has 0 amide bonds. The molecule has 0 aromatic carbocycles. The van der Waals surface area contributed by atoms with Gasteiger partial charge in [0, 0.05) is 18.8 Å². The third kappa shape index (κ3) is 3.42. The Morgan fingerprint density at radius 2 is 2.38 bits per heavy atom. The summed E-state index contributed by atoms with van der Waals surface area (Å²) >= 11 is 0. The predicted molar refractivity (Wildman–Crippen MR) is 52.8 cm³/mol. The zero-order valence-corrected chi connectivity index (χ0v) is 8.21. The second-order valence-corrected chi connectivity index (χ2v) is 2.86. The quantitative estimate of drug-likeness (QED) is 0.699. The molecule has 1 aromatic rings. The van der Waals surface area contributed by atoms with Crippen molar-refractivity contribution < 1.29 is 4.74 Å². The van der Waals surface area contributed by atoms with Crippen LogP contribution in [-0.4, -0.2) is 18.6 Å². The molecule has 1 N–H and O–H groups in total. The summed E-state index contributed by atoms with van der Waals surface area (Å²) in [5, 5.41) is 3.28. The highest BCUT2D eigenvalue weighted by molar-refractivity contribution is 5.22.